The molecule has 1 aromatic heterocycles. The summed E-state index contributed by atoms with van der Waals surface area (Å²) in [6.45, 7) is 4.03. The molecule has 2 aliphatic heterocycles. The Morgan fingerprint density at radius 3 is 2.56 bits per heavy atom. The molecule has 174 valence electrons. The number of piperidine rings is 1. The van der Waals surface area contributed by atoms with Gasteiger partial charge in [0.15, 0.2) is 0 Å². The van der Waals surface area contributed by atoms with Crippen LogP contribution in [0, 0.1) is 0 Å². The summed E-state index contributed by atoms with van der Waals surface area (Å²) >= 11 is 0. The van der Waals surface area contributed by atoms with Crippen molar-refractivity contribution < 1.29 is 17.9 Å². The van der Waals surface area contributed by atoms with Crippen LogP contribution < -0.4 is 10.1 Å². The van der Waals surface area contributed by atoms with E-state index in [1.807, 2.05) is 37.3 Å². The van der Waals surface area contributed by atoms with Gasteiger partial charge in [-0.05, 0) is 31.9 Å². The maximum atomic E-state index is 13.0. The van der Waals surface area contributed by atoms with E-state index in [4.69, 9.17) is 4.74 Å². The van der Waals surface area contributed by atoms with Gasteiger partial charge < -0.3 is 10.1 Å². The molecular weight excluding hydrogens is 430 g/mol. The fraction of sp³-hybridized carbons (Fsp3) is 0.545. The molecule has 2 atom stereocenters. The van der Waals surface area contributed by atoms with Crippen LogP contribution >= 0.6 is 0 Å². The topological polar surface area (TPSA) is 96.8 Å². The summed E-state index contributed by atoms with van der Waals surface area (Å²) in [5, 5.41) is 6.87. The number of hydrogen-bond acceptors (Lipinski definition) is 6. The van der Waals surface area contributed by atoms with E-state index in [1.54, 1.807) is 17.9 Å². The van der Waals surface area contributed by atoms with Crippen LogP contribution in [-0.2, 0) is 21.4 Å². The van der Waals surface area contributed by atoms with Gasteiger partial charge in [-0.2, -0.15) is 9.40 Å². The normalized spacial score (nSPS) is 23.3. The van der Waals surface area contributed by atoms with E-state index in [2.05, 4.69) is 15.3 Å². The maximum absolute atomic E-state index is 13.0. The number of rotatable bonds is 7. The zero-order valence-corrected chi connectivity index (χ0v) is 19.4. The highest BCUT2D eigenvalue weighted by molar-refractivity contribution is 7.89. The van der Waals surface area contributed by atoms with Crippen LogP contribution in [0.2, 0.25) is 0 Å². The Hall–Kier alpha value is -2.43. The van der Waals surface area contributed by atoms with Crippen LogP contribution in [0.5, 0.6) is 5.75 Å². The highest BCUT2D eigenvalue weighted by Crippen LogP contribution is 2.30. The zero-order chi connectivity index (χ0) is 22.7. The molecule has 0 aliphatic carbocycles. The fourth-order valence-electron chi connectivity index (χ4n) is 4.64. The number of hydrogen-bond donors (Lipinski definition) is 1. The number of amides is 1. The summed E-state index contributed by atoms with van der Waals surface area (Å²) in [5.41, 5.74) is 0. The summed E-state index contributed by atoms with van der Waals surface area (Å²) in [7, 11) is -1.91. The van der Waals surface area contributed by atoms with Gasteiger partial charge in [0.05, 0.1) is 12.2 Å². The Labute approximate surface area is 189 Å². The number of likely N-dealkylation sites (N-methyl/N-ethyl adjacent to an activating group) is 1. The number of nitrogens with one attached hydrogen (secondary N) is 1. The number of ether oxygens (including phenoxy) is 1. The maximum Gasteiger partial charge on any atom is 0.246 e. The van der Waals surface area contributed by atoms with Crippen LogP contribution in [0.1, 0.15) is 26.2 Å². The summed E-state index contributed by atoms with van der Waals surface area (Å²) in [6, 6.07) is 9.49. The van der Waals surface area contributed by atoms with Crippen molar-refractivity contribution in [2.24, 2.45) is 0 Å². The second-order valence-corrected chi connectivity index (χ2v) is 10.2. The third-order valence-electron chi connectivity index (χ3n) is 6.36. The van der Waals surface area contributed by atoms with Crippen LogP contribution in [0.25, 0.3) is 0 Å². The number of aromatic nitrogens is 2. The van der Waals surface area contributed by atoms with Crippen molar-refractivity contribution in [3.05, 3.63) is 42.7 Å². The van der Waals surface area contributed by atoms with Crippen LogP contribution in [0.4, 0.5) is 0 Å². The Bertz CT molecular complexity index is 1020. The molecule has 9 nitrogen and oxygen atoms in total. The summed E-state index contributed by atoms with van der Waals surface area (Å²) in [5.74, 6) is 0.773. The van der Waals surface area contributed by atoms with E-state index in [-0.39, 0.29) is 29.0 Å². The molecule has 0 bridgehead atoms. The second-order valence-electron chi connectivity index (χ2n) is 8.28. The van der Waals surface area contributed by atoms with Crippen LogP contribution in [0.3, 0.4) is 0 Å². The molecule has 0 saturated carbocycles. The first-order valence-electron chi connectivity index (χ1n) is 11.1. The molecule has 2 fully saturated rings. The molecule has 0 unspecified atom stereocenters. The molecule has 2 aliphatic rings. The van der Waals surface area contributed by atoms with Crippen LogP contribution in [-0.4, -0.2) is 78.2 Å². The highest BCUT2D eigenvalue weighted by atomic mass is 32.2. The largest absolute Gasteiger partial charge is 0.489 e. The third kappa shape index (κ3) is 4.67. The minimum atomic E-state index is -3.56. The summed E-state index contributed by atoms with van der Waals surface area (Å²) in [4.78, 5) is 15.0. The molecule has 1 aromatic carbocycles. The SMILES string of the molecule is CCn1cc(S(=O)(=O)N2CCC(N3C[C@@H](Oc4ccccc4)C[C@H]3C(=O)NC)CC2)cn1. The minimum absolute atomic E-state index is 0.0220. The number of aryl methyl sites for hydroxylation is 1. The third-order valence-corrected chi connectivity index (χ3v) is 8.21. The molecule has 4 rings (SSSR count). The number of likely N-dealkylation sites (tertiary alicyclic amines) is 1. The van der Waals surface area contributed by atoms with Gasteiger partial charge in [-0.3, -0.25) is 14.4 Å². The van der Waals surface area contributed by atoms with Crippen molar-refractivity contribution in [1.29, 1.82) is 0 Å². The molecule has 10 heteroatoms. The van der Waals surface area contributed by atoms with E-state index in [0.29, 0.717) is 45.4 Å². The second kappa shape index (κ2) is 9.60. The lowest BCUT2D eigenvalue weighted by Crippen LogP contribution is -2.51. The van der Waals surface area contributed by atoms with Crippen molar-refractivity contribution >= 4 is 15.9 Å². The average Bonchev–Trinajstić information content (AvgIpc) is 3.47. The van der Waals surface area contributed by atoms with E-state index >= 15 is 0 Å². The van der Waals surface area contributed by atoms with Gasteiger partial charge in [-0.15, -0.1) is 0 Å². The first kappa shape index (κ1) is 22.8. The summed E-state index contributed by atoms with van der Waals surface area (Å²) < 4.78 is 35.3. The molecule has 2 saturated heterocycles. The molecule has 2 aromatic rings. The van der Waals surface area contributed by atoms with Crippen molar-refractivity contribution in [2.45, 2.75) is 55.8 Å². The Balaban J connectivity index is 1.42. The van der Waals surface area contributed by atoms with Gasteiger partial charge in [0.25, 0.3) is 0 Å². The standard InChI is InChI=1S/C22H31N5O4S/c1-3-25-16-20(14-24-25)32(29,30)26-11-9-17(10-12-26)27-15-19(13-21(27)22(28)23-2)31-18-7-5-4-6-8-18/h4-8,14,16-17,19,21H,3,9-13,15H2,1-2H3,(H,23,28)/t19-,21-/m0/s1. The molecular formula is C22H31N5O4S. The molecule has 3 heterocycles. The zero-order valence-electron chi connectivity index (χ0n) is 18.6. The quantitative estimate of drug-likeness (QED) is 0.668. The van der Waals surface area contributed by atoms with E-state index in [1.165, 1.54) is 10.5 Å². The first-order chi connectivity index (χ1) is 15.4. The van der Waals surface area contributed by atoms with E-state index < -0.39 is 10.0 Å². The van der Waals surface area contributed by atoms with Crippen molar-refractivity contribution in [1.82, 2.24) is 24.3 Å². The van der Waals surface area contributed by atoms with Gasteiger partial charge in [-0.25, -0.2) is 8.42 Å². The lowest BCUT2D eigenvalue weighted by molar-refractivity contribution is -0.126. The average molecular weight is 462 g/mol. The Morgan fingerprint density at radius 2 is 1.94 bits per heavy atom. The van der Waals surface area contributed by atoms with E-state index in [9.17, 15) is 13.2 Å². The van der Waals surface area contributed by atoms with Gasteiger partial charge in [-0.1, -0.05) is 18.2 Å². The summed E-state index contributed by atoms with van der Waals surface area (Å²) in [6.07, 6.45) is 4.87. The Kier molecular flexibility index (Phi) is 6.82. The molecule has 32 heavy (non-hydrogen) atoms. The lowest BCUT2D eigenvalue weighted by atomic mass is 10.0. The predicted octanol–water partition coefficient (Wildman–Crippen LogP) is 1.32. The molecule has 1 N–H and O–H groups in total. The highest BCUT2D eigenvalue weighted by Gasteiger charge is 2.43. The van der Waals surface area contributed by atoms with Crippen molar-refractivity contribution in [2.75, 3.05) is 26.7 Å². The first-order valence-corrected chi connectivity index (χ1v) is 12.6. The number of sulfonamides is 1. The van der Waals surface area contributed by atoms with Gasteiger partial charge in [0, 0.05) is 51.9 Å². The van der Waals surface area contributed by atoms with Gasteiger partial charge in [0.2, 0.25) is 15.9 Å². The Morgan fingerprint density at radius 1 is 1.22 bits per heavy atom. The minimum Gasteiger partial charge on any atom is -0.489 e. The van der Waals surface area contributed by atoms with Crippen LogP contribution in [0.15, 0.2) is 47.6 Å². The van der Waals surface area contributed by atoms with Crippen molar-refractivity contribution in [3.8, 4) is 5.75 Å². The molecule has 0 radical (unpaired) electrons. The number of carbonyl (C=O) groups excluding carboxylic acids is 1. The van der Waals surface area contributed by atoms with Gasteiger partial charge in [0.1, 0.15) is 16.7 Å². The number of nitrogens with zero attached hydrogens (tertiary/aromatic N) is 4. The molecule has 0 spiro atoms. The van der Waals surface area contributed by atoms with Gasteiger partial charge >= 0.3 is 0 Å². The smallest absolute Gasteiger partial charge is 0.246 e. The van der Waals surface area contributed by atoms with Crippen molar-refractivity contribution in [3.63, 3.8) is 0 Å². The fourth-order valence-corrected chi connectivity index (χ4v) is 6.06. The predicted molar refractivity (Wildman–Crippen MR) is 120 cm³/mol. The molecule has 1 amide bonds. The monoisotopic (exact) mass is 461 g/mol. The number of benzene rings is 1. The lowest BCUT2D eigenvalue weighted by Gasteiger charge is -2.38. The van der Waals surface area contributed by atoms with E-state index in [0.717, 1.165) is 5.75 Å². The number of carbonyl (C=O) groups is 1. The number of para-hydroxylation sites is 1.